The van der Waals surface area contributed by atoms with Crippen LogP contribution in [0.1, 0.15) is 23.2 Å². The number of hydrogen-bond donors (Lipinski definition) is 0. The SMILES string of the molecule is O=C(c1ccc(N2CCOCC2)cc1)N1CCC(CN(C(=O)CCl)c2ccno2)CC1. The third kappa shape index (κ3) is 5.19. The number of morpholine rings is 1. The third-order valence-corrected chi connectivity index (χ3v) is 6.17. The van der Waals surface area contributed by atoms with Gasteiger partial charge in [-0.25, -0.2) is 0 Å². The molecular weight excluding hydrogens is 420 g/mol. The molecule has 0 spiro atoms. The summed E-state index contributed by atoms with van der Waals surface area (Å²) in [5.41, 5.74) is 1.83. The summed E-state index contributed by atoms with van der Waals surface area (Å²) in [4.78, 5) is 30.9. The van der Waals surface area contributed by atoms with Crippen molar-refractivity contribution >= 4 is 35.0 Å². The van der Waals surface area contributed by atoms with Crippen molar-refractivity contribution in [3.8, 4) is 0 Å². The van der Waals surface area contributed by atoms with E-state index in [1.807, 2.05) is 29.2 Å². The van der Waals surface area contributed by atoms with Gasteiger partial charge in [0.1, 0.15) is 5.88 Å². The quantitative estimate of drug-likeness (QED) is 0.635. The standard InChI is InChI=1S/C22H27ClN4O4/c23-15-20(28)27(21-5-8-24-31-21)16-17-6-9-26(10-7-17)22(29)18-1-3-19(4-2-18)25-11-13-30-14-12-25/h1-5,8,17H,6-7,9-16H2. The largest absolute Gasteiger partial charge is 0.378 e. The highest BCUT2D eigenvalue weighted by Crippen LogP contribution is 2.24. The molecular formula is C22H27ClN4O4. The molecule has 2 aliphatic heterocycles. The molecule has 0 saturated carbocycles. The van der Waals surface area contributed by atoms with Gasteiger partial charge in [-0.2, -0.15) is 0 Å². The fourth-order valence-corrected chi connectivity index (χ4v) is 4.28. The Labute approximate surface area is 186 Å². The number of nitrogens with zero attached hydrogens (tertiary/aromatic N) is 4. The Kier molecular flexibility index (Phi) is 7.09. The van der Waals surface area contributed by atoms with Crippen LogP contribution < -0.4 is 9.80 Å². The Morgan fingerprint density at radius 2 is 1.77 bits per heavy atom. The number of alkyl halides is 1. The summed E-state index contributed by atoms with van der Waals surface area (Å²) in [6, 6.07) is 9.49. The van der Waals surface area contributed by atoms with Gasteiger partial charge in [0.15, 0.2) is 0 Å². The van der Waals surface area contributed by atoms with Gasteiger partial charge in [0.2, 0.25) is 11.8 Å². The van der Waals surface area contributed by atoms with Crippen molar-refractivity contribution in [3.05, 3.63) is 42.1 Å². The molecule has 2 amide bonds. The Balaban J connectivity index is 1.31. The minimum atomic E-state index is -0.211. The summed E-state index contributed by atoms with van der Waals surface area (Å²) < 4.78 is 10.5. The maximum atomic E-state index is 12.9. The maximum Gasteiger partial charge on any atom is 0.253 e. The van der Waals surface area contributed by atoms with E-state index in [1.54, 1.807) is 11.0 Å². The zero-order valence-corrected chi connectivity index (χ0v) is 18.2. The number of ether oxygens (including phenoxy) is 1. The first kappa shape index (κ1) is 21.6. The molecule has 8 nitrogen and oxygen atoms in total. The predicted molar refractivity (Wildman–Crippen MR) is 118 cm³/mol. The summed E-state index contributed by atoms with van der Waals surface area (Å²) in [6.07, 6.45) is 3.14. The smallest absolute Gasteiger partial charge is 0.253 e. The summed E-state index contributed by atoms with van der Waals surface area (Å²) in [7, 11) is 0. The first-order valence-electron chi connectivity index (χ1n) is 10.6. The second kappa shape index (κ2) is 10.2. The van der Waals surface area contributed by atoms with Gasteiger partial charge in [-0.3, -0.25) is 14.5 Å². The molecule has 2 aromatic rings. The van der Waals surface area contributed by atoms with Crippen molar-refractivity contribution in [3.63, 3.8) is 0 Å². The minimum absolute atomic E-state index is 0.0518. The molecule has 2 saturated heterocycles. The number of piperidine rings is 1. The topological polar surface area (TPSA) is 79.1 Å². The average Bonchev–Trinajstić information content (AvgIpc) is 3.37. The highest BCUT2D eigenvalue weighted by Gasteiger charge is 2.28. The monoisotopic (exact) mass is 446 g/mol. The van der Waals surface area contributed by atoms with Crippen LogP contribution in [0.5, 0.6) is 0 Å². The Morgan fingerprint density at radius 1 is 1.06 bits per heavy atom. The van der Waals surface area contributed by atoms with Crippen LogP contribution in [-0.4, -0.2) is 73.7 Å². The molecule has 31 heavy (non-hydrogen) atoms. The number of benzene rings is 1. The summed E-state index contributed by atoms with van der Waals surface area (Å²) in [5.74, 6) is 0.404. The Morgan fingerprint density at radius 3 is 2.39 bits per heavy atom. The molecule has 166 valence electrons. The number of hydrogen-bond acceptors (Lipinski definition) is 6. The van der Waals surface area contributed by atoms with Crippen molar-refractivity contribution in [1.29, 1.82) is 0 Å². The number of amides is 2. The van der Waals surface area contributed by atoms with Crippen LogP contribution in [0.2, 0.25) is 0 Å². The van der Waals surface area contributed by atoms with Crippen molar-refractivity contribution in [2.75, 3.05) is 61.6 Å². The lowest BCUT2D eigenvalue weighted by Crippen LogP contribution is -2.43. The predicted octanol–water partition coefficient (Wildman–Crippen LogP) is 2.64. The van der Waals surface area contributed by atoms with Crippen LogP contribution >= 0.6 is 11.6 Å². The van der Waals surface area contributed by atoms with E-state index >= 15 is 0 Å². The maximum absolute atomic E-state index is 12.9. The highest BCUT2D eigenvalue weighted by atomic mass is 35.5. The van der Waals surface area contributed by atoms with E-state index in [9.17, 15) is 9.59 Å². The van der Waals surface area contributed by atoms with Crippen LogP contribution in [0.3, 0.4) is 0 Å². The van der Waals surface area contributed by atoms with E-state index in [0.29, 0.717) is 31.1 Å². The third-order valence-electron chi connectivity index (χ3n) is 5.94. The highest BCUT2D eigenvalue weighted by molar-refractivity contribution is 6.29. The summed E-state index contributed by atoms with van der Waals surface area (Å²) in [6.45, 7) is 5.05. The second-order valence-electron chi connectivity index (χ2n) is 7.87. The summed E-state index contributed by atoms with van der Waals surface area (Å²) >= 11 is 5.76. The van der Waals surface area contributed by atoms with Crippen LogP contribution in [0, 0.1) is 5.92 Å². The number of aromatic nitrogens is 1. The number of halogens is 1. The number of rotatable bonds is 6. The average molecular weight is 447 g/mol. The van der Waals surface area contributed by atoms with Gasteiger partial charge in [0.05, 0.1) is 19.4 Å². The molecule has 0 aliphatic carbocycles. The molecule has 0 unspecified atom stereocenters. The minimum Gasteiger partial charge on any atom is -0.378 e. The zero-order valence-electron chi connectivity index (χ0n) is 17.4. The van der Waals surface area contributed by atoms with Crippen LogP contribution in [0.25, 0.3) is 0 Å². The van der Waals surface area contributed by atoms with Gasteiger partial charge in [-0.15, -0.1) is 11.6 Å². The van der Waals surface area contributed by atoms with Crippen molar-refractivity contribution in [2.24, 2.45) is 5.92 Å². The first-order chi connectivity index (χ1) is 15.2. The molecule has 1 aromatic carbocycles. The lowest BCUT2D eigenvalue weighted by molar-refractivity contribution is -0.116. The normalized spacial score (nSPS) is 17.6. The number of carbonyl (C=O) groups is 2. The lowest BCUT2D eigenvalue weighted by Gasteiger charge is -2.34. The lowest BCUT2D eigenvalue weighted by atomic mass is 9.95. The summed E-state index contributed by atoms with van der Waals surface area (Å²) in [5, 5.41) is 3.68. The molecule has 2 aliphatic rings. The fourth-order valence-electron chi connectivity index (χ4n) is 4.13. The Bertz CT molecular complexity index is 860. The van der Waals surface area contributed by atoms with Crippen LogP contribution in [0.15, 0.2) is 41.1 Å². The molecule has 4 rings (SSSR count). The molecule has 2 fully saturated rings. The van der Waals surface area contributed by atoms with Gasteiger partial charge >= 0.3 is 0 Å². The van der Waals surface area contributed by atoms with Crippen LogP contribution in [0.4, 0.5) is 11.6 Å². The fraction of sp³-hybridized carbons (Fsp3) is 0.500. The van der Waals surface area contributed by atoms with Crippen LogP contribution in [-0.2, 0) is 9.53 Å². The molecule has 0 radical (unpaired) electrons. The number of carbonyl (C=O) groups excluding carboxylic acids is 2. The molecule has 9 heteroatoms. The van der Waals surface area contributed by atoms with Crippen molar-refractivity contribution in [1.82, 2.24) is 10.1 Å². The van der Waals surface area contributed by atoms with Gasteiger partial charge in [-0.05, 0) is 43.0 Å². The first-order valence-corrected chi connectivity index (χ1v) is 11.2. The van der Waals surface area contributed by atoms with E-state index < -0.39 is 0 Å². The van der Waals surface area contributed by atoms with Crippen molar-refractivity contribution in [2.45, 2.75) is 12.8 Å². The van der Waals surface area contributed by atoms with Crippen molar-refractivity contribution < 1.29 is 18.8 Å². The van der Waals surface area contributed by atoms with E-state index in [0.717, 1.165) is 44.8 Å². The van der Waals surface area contributed by atoms with Gasteiger partial charge in [-0.1, -0.05) is 5.16 Å². The molecule has 1 aromatic heterocycles. The molecule has 0 N–H and O–H groups in total. The number of likely N-dealkylation sites (tertiary alicyclic amines) is 1. The molecule has 0 bridgehead atoms. The van der Waals surface area contributed by atoms with E-state index in [4.69, 9.17) is 20.9 Å². The zero-order chi connectivity index (χ0) is 21.6. The van der Waals surface area contributed by atoms with E-state index in [2.05, 4.69) is 10.1 Å². The van der Waals surface area contributed by atoms with E-state index in [-0.39, 0.29) is 23.6 Å². The van der Waals surface area contributed by atoms with Gasteiger partial charge in [0, 0.05) is 50.0 Å². The molecule has 0 atom stereocenters. The van der Waals surface area contributed by atoms with E-state index in [1.165, 1.54) is 6.20 Å². The molecule has 3 heterocycles. The van der Waals surface area contributed by atoms with Gasteiger partial charge in [0.25, 0.3) is 5.91 Å². The number of anilines is 2. The second-order valence-corrected chi connectivity index (χ2v) is 8.14. The van der Waals surface area contributed by atoms with Gasteiger partial charge < -0.3 is 19.1 Å². The Hall–Kier alpha value is -2.58.